The lowest BCUT2D eigenvalue weighted by molar-refractivity contribution is -0.0498. The highest BCUT2D eigenvalue weighted by Crippen LogP contribution is 2.24. The zero-order valence-electron chi connectivity index (χ0n) is 9.72. The summed E-state index contributed by atoms with van der Waals surface area (Å²) >= 11 is 0. The van der Waals surface area contributed by atoms with Crippen LogP contribution in [0.15, 0.2) is 48.5 Å². The smallest absolute Gasteiger partial charge is 0.387 e. The first kappa shape index (κ1) is 13.0. The van der Waals surface area contributed by atoms with Crippen molar-refractivity contribution in [2.45, 2.75) is 6.61 Å². The number of alkyl halides is 2. The Hall–Kier alpha value is -2.43. The van der Waals surface area contributed by atoms with Crippen molar-refractivity contribution >= 4 is 5.97 Å². The zero-order chi connectivity index (χ0) is 13.8. The Balaban J connectivity index is 2.27. The van der Waals surface area contributed by atoms with Crippen molar-refractivity contribution in [1.29, 1.82) is 0 Å². The molecule has 3 nitrogen and oxygen atoms in total. The second kappa shape index (κ2) is 5.48. The molecule has 19 heavy (non-hydrogen) atoms. The number of aromatic carboxylic acids is 1. The van der Waals surface area contributed by atoms with Gasteiger partial charge in [-0.1, -0.05) is 24.3 Å². The van der Waals surface area contributed by atoms with Gasteiger partial charge in [0.1, 0.15) is 5.75 Å². The largest absolute Gasteiger partial charge is 0.478 e. The highest BCUT2D eigenvalue weighted by Gasteiger charge is 2.06. The summed E-state index contributed by atoms with van der Waals surface area (Å²) in [6.07, 6.45) is 0. The van der Waals surface area contributed by atoms with E-state index in [9.17, 15) is 13.6 Å². The molecule has 98 valence electrons. The first-order chi connectivity index (χ1) is 9.06. The number of carbonyl (C=O) groups is 1. The van der Waals surface area contributed by atoms with E-state index in [1.54, 1.807) is 24.3 Å². The van der Waals surface area contributed by atoms with Gasteiger partial charge in [0.2, 0.25) is 0 Å². The van der Waals surface area contributed by atoms with Crippen molar-refractivity contribution in [3.8, 4) is 16.9 Å². The van der Waals surface area contributed by atoms with E-state index in [0.717, 1.165) is 5.56 Å². The Kier molecular flexibility index (Phi) is 3.75. The second-order valence-electron chi connectivity index (χ2n) is 3.79. The number of ether oxygens (including phenoxy) is 1. The van der Waals surface area contributed by atoms with Gasteiger partial charge in [-0.25, -0.2) is 4.79 Å². The Morgan fingerprint density at radius 1 is 1.05 bits per heavy atom. The van der Waals surface area contributed by atoms with E-state index in [-0.39, 0.29) is 11.3 Å². The van der Waals surface area contributed by atoms with Crippen LogP contribution >= 0.6 is 0 Å². The fourth-order valence-corrected chi connectivity index (χ4v) is 1.66. The average Bonchev–Trinajstić information content (AvgIpc) is 2.39. The molecule has 2 aromatic carbocycles. The summed E-state index contributed by atoms with van der Waals surface area (Å²) in [5, 5.41) is 8.90. The number of carboxylic acid groups (broad SMARTS) is 1. The fraction of sp³-hybridized carbons (Fsp3) is 0.0714. The van der Waals surface area contributed by atoms with Crippen LogP contribution in [0, 0.1) is 0 Å². The molecule has 0 spiro atoms. The lowest BCUT2D eigenvalue weighted by Crippen LogP contribution is -2.01. The van der Waals surface area contributed by atoms with Crippen LogP contribution in [-0.4, -0.2) is 17.7 Å². The topological polar surface area (TPSA) is 46.5 Å². The molecule has 0 fully saturated rings. The maximum atomic E-state index is 12.0. The van der Waals surface area contributed by atoms with Crippen molar-refractivity contribution in [3.05, 3.63) is 54.1 Å². The molecule has 0 saturated carbocycles. The van der Waals surface area contributed by atoms with Gasteiger partial charge in [-0.05, 0) is 35.4 Å². The number of hydrogen-bond donors (Lipinski definition) is 1. The summed E-state index contributed by atoms with van der Waals surface area (Å²) in [6.45, 7) is -2.86. The molecule has 0 bridgehead atoms. The molecule has 0 heterocycles. The van der Waals surface area contributed by atoms with Crippen LogP contribution < -0.4 is 4.74 Å². The molecule has 0 aromatic heterocycles. The minimum Gasteiger partial charge on any atom is -0.478 e. The lowest BCUT2D eigenvalue weighted by atomic mass is 10.0. The Labute approximate surface area is 108 Å². The van der Waals surface area contributed by atoms with Crippen molar-refractivity contribution in [2.24, 2.45) is 0 Å². The van der Waals surface area contributed by atoms with Crippen LogP contribution in [-0.2, 0) is 0 Å². The minimum absolute atomic E-state index is 0.0631. The number of hydrogen-bond acceptors (Lipinski definition) is 2. The normalized spacial score (nSPS) is 10.5. The van der Waals surface area contributed by atoms with Crippen molar-refractivity contribution in [3.63, 3.8) is 0 Å². The molecule has 0 radical (unpaired) electrons. The van der Waals surface area contributed by atoms with Crippen molar-refractivity contribution in [2.75, 3.05) is 0 Å². The van der Waals surface area contributed by atoms with Crippen molar-refractivity contribution in [1.82, 2.24) is 0 Å². The lowest BCUT2D eigenvalue weighted by Gasteiger charge is -2.06. The summed E-state index contributed by atoms with van der Waals surface area (Å²) in [5.41, 5.74) is 1.60. The first-order valence-electron chi connectivity index (χ1n) is 5.45. The van der Waals surface area contributed by atoms with Crippen LogP contribution in [0.3, 0.4) is 0 Å². The monoisotopic (exact) mass is 264 g/mol. The number of rotatable bonds is 4. The average molecular weight is 264 g/mol. The fourth-order valence-electron chi connectivity index (χ4n) is 1.66. The van der Waals surface area contributed by atoms with E-state index >= 15 is 0 Å². The highest BCUT2D eigenvalue weighted by atomic mass is 19.3. The molecule has 0 aliphatic heterocycles. The van der Waals surface area contributed by atoms with E-state index in [1.807, 2.05) is 0 Å². The number of halogens is 2. The molecule has 0 atom stereocenters. The predicted octanol–water partition coefficient (Wildman–Crippen LogP) is 3.65. The minimum atomic E-state index is -2.86. The van der Waals surface area contributed by atoms with Crippen molar-refractivity contribution < 1.29 is 23.4 Å². The highest BCUT2D eigenvalue weighted by molar-refractivity contribution is 5.89. The molecule has 0 unspecified atom stereocenters. The van der Waals surface area contributed by atoms with Gasteiger partial charge in [-0.15, -0.1) is 0 Å². The Bertz CT molecular complexity index is 579. The quantitative estimate of drug-likeness (QED) is 0.916. The third-order valence-corrected chi connectivity index (χ3v) is 2.52. The molecule has 2 aromatic rings. The van der Waals surface area contributed by atoms with E-state index in [2.05, 4.69) is 4.74 Å². The Morgan fingerprint density at radius 3 is 2.32 bits per heavy atom. The third kappa shape index (κ3) is 3.28. The summed E-state index contributed by atoms with van der Waals surface area (Å²) in [5.74, 6) is -0.951. The molecule has 0 amide bonds. The van der Waals surface area contributed by atoms with Gasteiger partial charge in [0.15, 0.2) is 0 Å². The predicted molar refractivity (Wildman–Crippen MR) is 65.5 cm³/mol. The van der Waals surface area contributed by atoms with Crippen LogP contribution in [0.2, 0.25) is 0 Å². The number of carboxylic acids is 1. The van der Waals surface area contributed by atoms with Gasteiger partial charge < -0.3 is 9.84 Å². The summed E-state index contributed by atoms with van der Waals surface area (Å²) in [7, 11) is 0. The third-order valence-electron chi connectivity index (χ3n) is 2.52. The van der Waals surface area contributed by atoms with Crippen LogP contribution in [0.1, 0.15) is 10.4 Å². The molecule has 1 N–H and O–H groups in total. The maximum absolute atomic E-state index is 12.0. The summed E-state index contributed by atoms with van der Waals surface area (Å²) < 4.78 is 28.2. The van der Waals surface area contributed by atoms with Crippen LogP contribution in [0.25, 0.3) is 11.1 Å². The van der Waals surface area contributed by atoms with E-state index in [0.29, 0.717) is 5.56 Å². The van der Waals surface area contributed by atoms with Gasteiger partial charge in [0.25, 0.3) is 0 Å². The molecule has 0 aliphatic rings. The van der Waals surface area contributed by atoms with Gasteiger partial charge in [-0.2, -0.15) is 8.78 Å². The van der Waals surface area contributed by atoms with Gasteiger partial charge >= 0.3 is 12.6 Å². The molecule has 2 rings (SSSR count). The maximum Gasteiger partial charge on any atom is 0.387 e. The first-order valence-corrected chi connectivity index (χ1v) is 5.45. The van der Waals surface area contributed by atoms with Gasteiger partial charge in [0.05, 0.1) is 5.56 Å². The molecule has 0 aliphatic carbocycles. The molecular weight excluding hydrogens is 254 g/mol. The van der Waals surface area contributed by atoms with Gasteiger partial charge in [0, 0.05) is 0 Å². The Morgan fingerprint density at radius 2 is 1.74 bits per heavy atom. The van der Waals surface area contributed by atoms with E-state index in [4.69, 9.17) is 5.11 Å². The SMILES string of the molecule is O=C(O)c1cccc(-c2ccc(OC(F)F)cc2)c1. The van der Waals surface area contributed by atoms with Crippen LogP contribution in [0.5, 0.6) is 5.75 Å². The zero-order valence-corrected chi connectivity index (χ0v) is 9.72. The second-order valence-corrected chi connectivity index (χ2v) is 3.79. The van der Waals surface area contributed by atoms with E-state index in [1.165, 1.54) is 24.3 Å². The molecular formula is C14H10F2O3. The van der Waals surface area contributed by atoms with Crippen LogP contribution in [0.4, 0.5) is 8.78 Å². The summed E-state index contributed by atoms with van der Waals surface area (Å²) in [4.78, 5) is 10.9. The van der Waals surface area contributed by atoms with E-state index < -0.39 is 12.6 Å². The molecule has 5 heteroatoms. The molecule has 0 saturated heterocycles. The summed E-state index contributed by atoms with van der Waals surface area (Å²) in [6, 6.07) is 12.4. The number of benzene rings is 2. The standard InChI is InChI=1S/C14H10F2O3/c15-14(16)19-12-6-4-9(5-7-12)10-2-1-3-11(8-10)13(17)18/h1-8,14H,(H,17,18). The van der Waals surface area contributed by atoms with Gasteiger partial charge in [-0.3, -0.25) is 0 Å².